The number of nitrogens with zero attached hydrogens (tertiary/aromatic N) is 4. The van der Waals surface area contributed by atoms with E-state index in [0.717, 1.165) is 25.3 Å². The molecule has 0 aliphatic carbocycles. The zero-order valence-electron chi connectivity index (χ0n) is 15.1. The summed E-state index contributed by atoms with van der Waals surface area (Å²) in [4.78, 5) is 14.6. The van der Waals surface area contributed by atoms with E-state index >= 15 is 0 Å². The van der Waals surface area contributed by atoms with Gasteiger partial charge in [0.25, 0.3) is 0 Å². The molecule has 1 aromatic heterocycles. The lowest BCUT2D eigenvalue weighted by Crippen LogP contribution is -2.47. The van der Waals surface area contributed by atoms with E-state index in [1.807, 2.05) is 14.0 Å². The van der Waals surface area contributed by atoms with Gasteiger partial charge in [-0.3, -0.25) is 4.90 Å². The largest absolute Gasteiger partial charge is 0.337 e. The Kier molecular flexibility index (Phi) is 5.33. The quantitative estimate of drug-likeness (QED) is 0.866. The number of carbonyl (C=O) groups is 1. The molecule has 1 aliphatic rings. The first-order valence-electron chi connectivity index (χ1n) is 8.73. The standard InChI is InChI=1S/C18H26N6O/c1-13(24-9-8-15-6-4-5-7-16(15)11-24)10-19-18(25)21-14(2)17-22-20-12-23(17)3/h4-7,12-14H,8-11H2,1-3H3,(H2,19,21,25)/t13-,14+/m0/s1. The summed E-state index contributed by atoms with van der Waals surface area (Å²) in [6.45, 7) is 6.63. The van der Waals surface area contributed by atoms with Gasteiger partial charge >= 0.3 is 6.03 Å². The molecule has 134 valence electrons. The van der Waals surface area contributed by atoms with Crippen LogP contribution in [0.4, 0.5) is 4.79 Å². The number of hydrogen-bond donors (Lipinski definition) is 2. The molecule has 0 saturated heterocycles. The minimum atomic E-state index is -0.190. The number of hydrogen-bond acceptors (Lipinski definition) is 4. The summed E-state index contributed by atoms with van der Waals surface area (Å²) < 4.78 is 1.80. The Bertz CT molecular complexity index is 728. The zero-order chi connectivity index (χ0) is 17.8. The predicted molar refractivity (Wildman–Crippen MR) is 96.0 cm³/mol. The molecule has 2 atom stereocenters. The Morgan fingerprint density at radius 1 is 1.28 bits per heavy atom. The van der Waals surface area contributed by atoms with Gasteiger partial charge in [0.2, 0.25) is 0 Å². The fourth-order valence-electron chi connectivity index (χ4n) is 3.26. The predicted octanol–water partition coefficient (Wildman–Crippen LogP) is 1.62. The van der Waals surface area contributed by atoms with Crippen molar-refractivity contribution in [3.8, 4) is 0 Å². The molecule has 1 aromatic carbocycles. The number of urea groups is 1. The highest BCUT2D eigenvalue weighted by molar-refractivity contribution is 5.74. The van der Waals surface area contributed by atoms with Crippen molar-refractivity contribution in [3.05, 3.63) is 47.5 Å². The zero-order valence-corrected chi connectivity index (χ0v) is 15.1. The molecule has 0 saturated carbocycles. The lowest BCUT2D eigenvalue weighted by molar-refractivity contribution is 0.184. The van der Waals surface area contributed by atoms with Crippen molar-refractivity contribution in [1.82, 2.24) is 30.3 Å². The number of aryl methyl sites for hydroxylation is 1. The summed E-state index contributed by atoms with van der Waals surface area (Å²) in [6, 6.07) is 8.50. The van der Waals surface area contributed by atoms with Gasteiger partial charge in [-0.2, -0.15) is 0 Å². The van der Waals surface area contributed by atoms with Gasteiger partial charge in [-0.15, -0.1) is 10.2 Å². The van der Waals surface area contributed by atoms with Gasteiger partial charge < -0.3 is 15.2 Å². The Labute approximate surface area is 148 Å². The molecule has 2 amide bonds. The average Bonchev–Trinajstić information content (AvgIpc) is 3.05. The molecule has 7 heteroatoms. The molecule has 0 bridgehead atoms. The van der Waals surface area contributed by atoms with E-state index < -0.39 is 0 Å². The Balaban J connectivity index is 1.47. The molecule has 3 rings (SSSR count). The molecular formula is C18H26N6O. The van der Waals surface area contributed by atoms with Crippen molar-refractivity contribution in [3.63, 3.8) is 0 Å². The Morgan fingerprint density at radius 2 is 2.04 bits per heavy atom. The van der Waals surface area contributed by atoms with E-state index in [4.69, 9.17) is 0 Å². The van der Waals surface area contributed by atoms with Gasteiger partial charge in [-0.25, -0.2) is 4.79 Å². The molecule has 0 radical (unpaired) electrons. The highest BCUT2D eigenvalue weighted by Gasteiger charge is 2.21. The van der Waals surface area contributed by atoms with Crippen molar-refractivity contribution in [2.24, 2.45) is 7.05 Å². The van der Waals surface area contributed by atoms with Crippen LogP contribution in [0.1, 0.15) is 36.8 Å². The summed E-state index contributed by atoms with van der Waals surface area (Å²) in [5.41, 5.74) is 2.83. The van der Waals surface area contributed by atoms with Crippen molar-refractivity contribution < 1.29 is 4.79 Å². The van der Waals surface area contributed by atoms with Crippen LogP contribution in [-0.2, 0) is 20.0 Å². The van der Waals surface area contributed by atoms with E-state index in [9.17, 15) is 4.79 Å². The van der Waals surface area contributed by atoms with E-state index in [1.165, 1.54) is 11.1 Å². The third-order valence-electron chi connectivity index (χ3n) is 4.82. The molecule has 0 spiro atoms. The number of rotatable bonds is 5. The van der Waals surface area contributed by atoms with Crippen molar-refractivity contribution in [1.29, 1.82) is 0 Å². The minimum absolute atomic E-state index is 0.181. The first-order valence-corrected chi connectivity index (χ1v) is 8.73. The smallest absolute Gasteiger partial charge is 0.315 e. The van der Waals surface area contributed by atoms with Gasteiger partial charge in [0.1, 0.15) is 6.33 Å². The maximum absolute atomic E-state index is 12.1. The van der Waals surface area contributed by atoms with E-state index in [1.54, 1.807) is 10.9 Å². The number of carbonyl (C=O) groups excluding carboxylic acids is 1. The van der Waals surface area contributed by atoms with Gasteiger partial charge in [0.15, 0.2) is 5.82 Å². The lowest BCUT2D eigenvalue weighted by atomic mass is 9.99. The fourth-order valence-corrected chi connectivity index (χ4v) is 3.26. The van der Waals surface area contributed by atoms with E-state index in [2.05, 4.69) is 56.9 Å². The maximum atomic E-state index is 12.1. The van der Waals surface area contributed by atoms with E-state index in [0.29, 0.717) is 6.54 Å². The summed E-state index contributed by atoms with van der Waals surface area (Å²) in [7, 11) is 1.86. The fraction of sp³-hybridized carbons (Fsp3) is 0.500. The monoisotopic (exact) mass is 342 g/mol. The third kappa shape index (κ3) is 4.17. The Morgan fingerprint density at radius 3 is 2.76 bits per heavy atom. The summed E-state index contributed by atoms with van der Waals surface area (Å²) in [6.07, 6.45) is 2.69. The molecule has 2 aromatic rings. The highest BCUT2D eigenvalue weighted by Crippen LogP contribution is 2.19. The minimum Gasteiger partial charge on any atom is -0.337 e. The second kappa shape index (κ2) is 7.65. The van der Waals surface area contributed by atoms with Crippen LogP contribution in [-0.4, -0.2) is 44.8 Å². The van der Waals surface area contributed by atoms with Gasteiger partial charge in [-0.05, 0) is 31.4 Å². The highest BCUT2D eigenvalue weighted by atomic mass is 16.2. The SMILES string of the molecule is C[C@@H](NC(=O)NC[C@H](C)N1CCc2ccccc2C1)c1nncn1C. The lowest BCUT2D eigenvalue weighted by Gasteiger charge is -2.33. The number of nitrogens with one attached hydrogen (secondary N) is 2. The van der Waals surface area contributed by atoms with Gasteiger partial charge in [0, 0.05) is 32.7 Å². The Hall–Kier alpha value is -2.41. The molecule has 2 N–H and O–H groups in total. The first kappa shape index (κ1) is 17.4. The molecule has 1 aliphatic heterocycles. The van der Waals surface area contributed by atoms with Crippen LogP contribution in [0, 0.1) is 0 Å². The summed E-state index contributed by atoms with van der Waals surface area (Å²) in [5, 5.41) is 13.7. The van der Waals surface area contributed by atoms with Gasteiger partial charge in [0.05, 0.1) is 6.04 Å². The molecule has 2 heterocycles. The van der Waals surface area contributed by atoms with Crippen LogP contribution in [0.2, 0.25) is 0 Å². The normalized spacial score (nSPS) is 16.8. The van der Waals surface area contributed by atoms with Gasteiger partial charge in [-0.1, -0.05) is 24.3 Å². The molecule has 0 fully saturated rings. The second-order valence-corrected chi connectivity index (χ2v) is 6.71. The summed E-state index contributed by atoms with van der Waals surface area (Å²) in [5.74, 6) is 0.732. The number of amides is 2. The van der Waals surface area contributed by atoms with E-state index in [-0.39, 0.29) is 18.1 Å². The van der Waals surface area contributed by atoms with Crippen LogP contribution in [0.25, 0.3) is 0 Å². The number of aromatic nitrogens is 3. The van der Waals surface area contributed by atoms with Crippen LogP contribution < -0.4 is 10.6 Å². The second-order valence-electron chi connectivity index (χ2n) is 6.71. The average molecular weight is 342 g/mol. The van der Waals surface area contributed by atoms with Crippen molar-refractivity contribution in [2.45, 2.75) is 38.9 Å². The first-order chi connectivity index (χ1) is 12.0. The molecule has 0 unspecified atom stereocenters. The van der Waals surface area contributed by atoms with Crippen LogP contribution in [0.3, 0.4) is 0 Å². The van der Waals surface area contributed by atoms with Crippen LogP contribution in [0.15, 0.2) is 30.6 Å². The van der Waals surface area contributed by atoms with Crippen molar-refractivity contribution in [2.75, 3.05) is 13.1 Å². The van der Waals surface area contributed by atoms with Crippen LogP contribution >= 0.6 is 0 Å². The molecule has 25 heavy (non-hydrogen) atoms. The molecular weight excluding hydrogens is 316 g/mol. The number of fused-ring (bicyclic) bond motifs is 1. The number of benzene rings is 1. The summed E-state index contributed by atoms with van der Waals surface area (Å²) >= 11 is 0. The van der Waals surface area contributed by atoms with Crippen molar-refractivity contribution >= 4 is 6.03 Å². The molecule has 7 nitrogen and oxygen atoms in total. The third-order valence-corrected chi connectivity index (χ3v) is 4.82. The maximum Gasteiger partial charge on any atom is 0.315 e. The topological polar surface area (TPSA) is 75.1 Å². The van der Waals surface area contributed by atoms with Crippen LogP contribution in [0.5, 0.6) is 0 Å².